The molecule has 0 bridgehead atoms. The van der Waals surface area contributed by atoms with Gasteiger partial charge in [-0.05, 0) is 61.4 Å². The van der Waals surface area contributed by atoms with Crippen LogP contribution in [-0.4, -0.2) is 34.0 Å². The van der Waals surface area contributed by atoms with Gasteiger partial charge >= 0.3 is 5.97 Å². The Morgan fingerprint density at radius 2 is 1.94 bits per heavy atom. The molecule has 1 saturated heterocycles. The summed E-state index contributed by atoms with van der Waals surface area (Å²) >= 11 is 10.0. The first-order chi connectivity index (χ1) is 14.8. The Morgan fingerprint density at radius 1 is 1.23 bits per heavy atom. The van der Waals surface area contributed by atoms with Crippen LogP contribution in [-0.2, 0) is 9.59 Å². The van der Waals surface area contributed by atoms with Crippen molar-refractivity contribution in [2.75, 3.05) is 11.5 Å². The van der Waals surface area contributed by atoms with Crippen LogP contribution in [0.4, 0.5) is 5.69 Å². The van der Waals surface area contributed by atoms with Gasteiger partial charge in [-0.3, -0.25) is 9.69 Å². The number of carboxylic acids is 1. The molecule has 1 aliphatic rings. The van der Waals surface area contributed by atoms with Gasteiger partial charge in [-0.1, -0.05) is 52.9 Å². The lowest BCUT2D eigenvalue weighted by molar-refractivity contribution is -0.145. The lowest BCUT2D eigenvalue weighted by Crippen LogP contribution is -2.27. The van der Waals surface area contributed by atoms with Crippen LogP contribution in [0.2, 0.25) is 0 Å². The topological polar surface area (TPSA) is 76.1 Å². The number of carbonyl (C=O) groups excluding carboxylic acids is 1. The van der Waals surface area contributed by atoms with Crippen LogP contribution in [0, 0.1) is 0 Å². The van der Waals surface area contributed by atoms with Crippen LogP contribution in [0.15, 0.2) is 51.8 Å². The maximum atomic E-state index is 13.0. The van der Waals surface area contributed by atoms with E-state index in [2.05, 4.69) is 15.9 Å². The number of aliphatic carboxylic acids is 1. The maximum Gasteiger partial charge on any atom is 0.344 e. The van der Waals surface area contributed by atoms with E-state index in [0.717, 1.165) is 10.0 Å². The summed E-state index contributed by atoms with van der Waals surface area (Å²) in [4.78, 5) is 26.2. The molecule has 9 heteroatoms. The van der Waals surface area contributed by atoms with Gasteiger partial charge in [0.2, 0.25) is 0 Å². The van der Waals surface area contributed by atoms with Crippen molar-refractivity contribution in [2.45, 2.75) is 26.4 Å². The minimum Gasteiger partial charge on any atom is -0.490 e. The fourth-order valence-corrected chi connectivity index (χ4v) is 4.44. The van der Waals surface area contributed by atoms with Crippen molar-refractivity contribution in [3.8, 4) is 11.5 Å². The van der Waals surface area contributed by atoms with Gasteiger partial charge in [-0.15, -0.1) is 0 Å². The van der Waals surface area contributed by atoms with E-state index in [4.69, 9.17) is 21.7 Å². The number of carbonyl (C=O) groups is 2. The zero-order valence-electron chi connectivity index (χ0n) is 16.8. The summed E-state index contributed by atoms with van der Waals surface area (Å²) in [5.41, 5.74) is 1.42. The Labute approximate surface area is 198 Å². The number of ether oxygens (including phenoxy) is 2. The molecule has 31 heavy (non-hydrogen) atoms. The van der Waals surface area contributed by atoms with E-state index in [1.807, 2.05) is 31.2 Å². The van der Waals surface area contributed by atoms with Crippen molar-refractivity contribution < 1.29 is 24.2 Å². The average molecular weight is 522 g/mol. The first-order valence-electron chi connectivity index (χ1n) is 9.53. The van der Waals surface area contributed by atoms with Gasteiger partial charge in [-0.25, -0.2) is 4.79 Å². The number of hydrogen-bond acceptors (Lipinski definition) is 6. The highest BCUT2D eigenvalue weighted by Gasteiger charge is 2.33. The molecule has 162 valence electrons. The molecule has 1 N–H and O–H groups in total. The molecule has 0 spiro atoms. The molecule has 0 aliphatic carbocycles. The third kappa shape index (κ3) is 5.47. The number of thioether (sulfide) groups is 1. The Hall–Kier alpha value is -2.36. The van der Waals surface area contributed by atoms with Crippen LogP contribution >= 0.6 is 39.9 Å². The summed E-state index contributed by atoms with van der Waals surface area (Å²) in [5.74, 6) is -0.479. The second kappa shape index (κ2) is 10.3. The highest BCUT2D eigenvalue weighted by Crippen LogP contribution is 2.37. The number of halogens is 1. The maximum absolute atomic E-state index is 13.0. The van der Waals surface area contributed by atoms with Crippen molar-refractivity contribution in [1.82, 2.24) is 0 Å². The molecule has 1 aliphatic heterocycles. The van der Waals surface area contributed by atoms with Crippen LogP contribution < -0.4 is 14.4 Å². The molecule has 1 atom stereocenters. The molecule has 3 rings (SSSR count). The van der Waals surface area contributed by atoms with Crippen molar-refractivity contribution in [1.29, 1.82) is 0 Å². The molecular formula is C22H20BrNO5S2. The number of nitrogens with zero attached hydrogens (tertiary/aromatic N) is 1. The molecule has 0 aromatic heterocycles. The largest absolute Gasteiger partial charge is 0.490 e. The highest BCUT2D eigenvalue weighted by atomic mass is 79.9. The van der Waals surface area contributed by atoms with Crippen molar-refractivity contribution >= 4 is 67.9 Å². The summed E-state index contributed by atoms with van der Waals surface area (Å²) in [6, 6.07) is 12.5. The summed E-state index contributed by atoms with van der Waals surface area (Å²) in [6.07, 6.45) is 1.09. The fraction of sp³-hybridized carbons (Fsp3) is 0.227. The summed E-state index contributed by atoms with van der Waals surface area (Å²) in [6.45, 7) is 3.95. The Bertz CT molecular complexity index is 1040. The van der Waals surface area contributed by atoms with E-state index < -0.39 is 12.1 Å². The van der Waals surface area contributed by atoms with Gasteiger partial charge in [0.25, 0.3) is 5.91 Å². The second-order valence-electron chi connectivity index (χ2n) is 6.49. The average Bonchev–Trinajstić information content (AvgIpc) is 3.01. The minimum absolute atomic E-state index is 0.201. The summed E-state index contributed by atoms with van der Waals surface area (Å²) in [7, 11) is 0. The SMILES string of the molecule is CCOc1cc(/C=C2/SC(=S)N(c3ccc(Br)cc3)C2=O)ccc1OC(CC)C(=O)O. The lowest BCUT2D eigenvalue weighted by atomic mass is 10.1. The van der Waals surface area contributed by atoms with E-state index >= 15 is 0 Å². The summed E-state index contributed by atoms with van der Waals surface area (Å²) in [5, 5.41) is 9.25. The van der Waals surface area contributed by atoms with Gasteiger partial charge in [0.05, 0.1) is 17.2 Å². The number of hydrogen-bond donors (Lipinski definition) is 1. The molecule has 1 unspecified atom stereocenters. The molecule has 6 nitrogen and oxygen atoms in total. The van der Waals surface area contributed by atoms with Gasteiger partial charge in [0.1, 0.15) is 0 Å². The molecule has 0 radical (unpaired) electrons. The number of anilines is 1. The zero-order chi connectivity index (χ0) is 22.5. The molecule has 2 aromatic rings. The van der Waals surface area contributed by atoms with Crippen LogP contribution in [0.5, 0.6) is 11.5 Å². The number of thiocarbonyl (C=S) groups is 1. The van der Waals surface area contributed by atoms with Crippen LogP contribution in [0.25, 0.3) is 6.08 Å². The Morgan fingerprint density at radius 3 is 2.55 bits per heavy atom. The van der Waals surface area contributed by atoms with Crippen molar-refractivity contribution in [3.05, 3.63) is 57.4 Å². The normalized spacial score (nSPS) is 16.0. The lowest BCUT2D eigenvalue weighted by Gasteiger charge is -2.17. The first-order valence-corrected chi connectivity index (χ1v) is 11.6. The van der Waals surface area contributed by atoms with Gasteiger partial charge in [-0.2, -0.15) is 0 Å². The standard InChI is InChI=1S/C22H20BrNO5S2/c1-3-16(21(26)27)29-17-10-5-13(11-18(17)28-4-2)12-19-20(25)24(22(30)31-19)15-8-6-14(23)7-9-15/h5-12,16H,3-4H2,1-2H3,(H,26,27)/b19-12+. The van der Waals surface area contributed by atoms with Crippen molar-refractivity contribution in [2.24, 2.45) is 0 Å². The predicted octanol–water partition coefficient (Wildman–Crippen LogP) is 5.50. The predicted molar refractivity (Wildman–Crippen MR) is 130 cm³/mol. The monoisotopic (exact) mass is 521 g/mol. The summed E-state index contributed by atoms with van der Waals surface area (Å²) < 4.78 is 12.6. The van der Waals surface area contributed by atoms with E-state index in [9.17, 15) is 14.7 Å². The zero-order valence-corrected chi connectivity index (χ0v) is 20.1. The smallest absolute Gasteiger partial charge is 0.344 e. The van der Waals surface area contributed by atoms with E-state index in [-0.39, 0.29) is 5.91 Å². The Kier molecular flexibility index (Phi) is 7.74. The number of rotatable bonds is 8. The minimum atomic E-state index is -1.04. The third-order valence-electron chi connectivity index (χ3n) is 4.36. The van der Waals surface area contributed by atoms with Gasteiger partial charge in [0, 0.05) is 4.47 Å². The second-order valence-corrected chi connectivity index (χ2v) is 9.08. The molecule has 1 fully saturated rings. The quantitative estimate of drug-likeness (QED) is 0.363. The fourth-order valence-electron chi connectivity index (χ4n) is 2.87. The van der Waals surface area contributed by atoms with E-state index in [0.29, 0.717) is 39.4 Å². The highest BCUT2D eigenvalue weighted by molar-refractivity contribution is 9.10. The van der Waals surface area contributed by atoms with Gasteiger partial charge in [0.15, 0.2) is 21.9 Å². The number of benzene rings is 2. The van der Waals surface area contributed by atoms with Crippen molar-refractivity contribution in [3.63, 3.8) is 0 Å². The number of amides is 1. The van der Waals surface area contributed by atoms with E-state index in [1.165, 1.54) is 16.7 Å². The van der Waals surface area contributed by atoms with Gasteiger partial charge < -0.3 is 14.6 Å². The molecule has 0 saturated carbocycles. The molecular weight excluding hydrogens is 502 g/mol. The third-order valence-corrected chi connectivity index (χ3v) is 6.19. The molecule has 1 heterocycles. The van der Waals surface area contributed by atoms with Crippen LogP contribution in [0.1, 0.15) is 25.8 Å². The van der Waals surface area contributed by atoms with E-state index in [1.54, 1.807) is 31.2 Å². The van der Waals surface area contributed by atoms with Crippen LogP contribution in [0.3, 0.4) is 0 Å². The number of carboxylic acid groups (broad SMARTS) is 1. The molecule has 2 aromatic carbocycles. The molecule has 1 amide bonds. The Balaban J connectivity index is 1.88. The first kappa shape index (κ1) is 23.3.